The average Bonchev–Trinajstić information content (AvgIpc) is 3.43. The third-order valence-electron chi connectivity index (χ3n) is 5.71. The van der Waals surface area contributed by atoms with Crippen LogP contribution in [0.15, 0.2) is 38.5 Å². The van der Waals surface area contributed by atoms with Crippen LogP contribution in [0.25, 0.3) is 10.2 Å². The summed E-state index contributed by atoms with van der Waals surface area (Å²) < 4.78 is 3.32. The number of carbonyl (C=O) groups excluding carboxylic acids is 1. The van der Waals surface area contributed by atoms with Crippen molar-refractivity contribution in [1.29, 1.82) is 0 Å². The molecule has 1 aliphatic rings. The van der Waals surface area contributed by atoms with E-state index in [-0.39, 0.29) is 24.1 Å². The predicted molar refractivity (Wildman–Crippen MR) is 118 cm³/mol. The Balaban J connectivity index is 1.68. The lowest BCUT2D eigenvalue weighted by Crippen LogP contribution is -2.47. The lowest BCUT2D eigenvalue weighted by Gasteiger charge is -2.35. The number of carbonyl (C=O) groups is 1. The molecule has 29 heavy (non-hydrogen) atoms. The maximum absolute atomic E-state index is 13.2. The minimum absolute atomic E-state index is 0.0121. The highest BCUT2D eigenvalue weighted by molar-refractivity contribution is 7.17. The van der Waals surface area contributed by atoms with E-state index in [2.05, 4.69) is 6.92 Å². The zero-order valence-electron chi connectivity index (χ0n) is 16.5. The van der Waals surface area contributed by atoms with Gasteiger partial charge in [-0.3, -0.25) is 18.7 Å². The smallest absolute Gasteiger partial charge is 0.332 e. The summed E-state index contributed by atoms with van der Waals surface area (Å²) in [5, 5.41) is 3.80. The van der Waals surface area contributed by atoms with Gasteiger partial charge in [0, 0.05) is 24.0 Å². The molecule has 8 heteroatoms. The van der Waals surface area contributed by atoms with Crippen LogP contribution in [0.3, 0.4) is 0 Å². The summed E-state index contributed by atoms with van der Waals surface area (Å²) in [6.07, 6.45) is 4.72. The number of fused-ring (bicyclic) bond motifs is 1. The van der Waals surface area contributed by atoms with Gasteiger partial charge in [-0.25, -0.2) is 4.79 Å². The van der Waals surface area contributed by atoms with Gasteiger partial charge in [0.25, 0.3) is 5.56 Å². The van der Waals surface area contributed by atoms with Gasteiger partial charge in [0.15, 0.2) is 0 Å². The lowest BCUT2D eigenvalue weighted by molar-refractivity contribution is -0.135. The predicted octanol–water partition coefficient (Wildman–Crippen LogP) is 3.32. The van der Waals surface area contributed by atoms with Gasteiger partial charge in [0.1, 0.15) is 11.2 Å². The van der Waals surface area contributed by atoms with Crippen LogP contribution >= 0.6 is 22.7 Å². The number of likely N-dealkylation sites (tertiary alicyclic amines) is 1. The van der Waals surface area contributed by atoms with Crippen LogP contribution in [0.2, 0.25) is 0 Å². The Morgan fingerprint density at radius 3 is 2.76 bits per heavy atom. The zero-order valence-corrected chi connectivity index (χ0v) is 18.1. The van der Waals surface area contributed by atoms with E-state index in [1.165, 1.54) is 20.5 Å². The number of thiophene rings is 2. The molecular formula is C21H25N3O3S2. The summed E-state index contributed by atoms with van der Waals surface area (Å²) >= 11 is 2.94. The van der Waals surface area contributed by atoms with E-state index < -0.39 is 5.69 Å². The first-order valence-corrected chi connectivity index (χ1v) is 11.9. The lowest BCUT2D eigenvalue weighted by atomic mass is 10.00. The van der Waals surface area contributed by atoms with Crippen molar-refractivity contribution in [2.45, 2.75) is 58.2 Å². The van der Waals surface area contributed by atoms with Gasteiger partial charge in [-0.05, 0) is 55.0 Å². The Hall–Kier alpha value is -2.19. The molecule has 1 aliphatic heterocycles. The van der Waals surface area contributed by atoms with Crippen LogP contribution in [0, 0.1) is 0 Å². The van der Waals surface area contributed by atoms with Gasteiger partial charge in [-0.1, -0.05) is 13.0 Å². The fourth-order valence-electron chi connectivity index (χ4n) is 4.14. The maximum Gasteiger partial charge on any atom is 0.332 e. The van der Waals surface area contributed by atoms with E-state index in [0.29, 0.717) is 23.2 Å². The van der Waals surface area contributed by atoms with E-state index in [4.69, 9.17) is 0 Å². The molecular weight excluding hydrogens is 406 g/mol. The summed E-state index contributed by atoms with van der Waals surface area (Å²) in [5.41, 5.74) is -0.0868. The van der Waals surface area contributed by atoms with Gasteiger partial charge in [-0.15, -0.1) is 22.7 Å². The topological polar surface area (TPSA) is 64.3 Å². The summed E-state index contributed by atoms with van der Waals surface area (Å²) in [7, 11) is 0. The second-order valence-electron chi connectivity index (χ2n) is 7.43. The highest BCUT2D eigenvalue weighted by Crippen LogP contribution is 2.21. The molecule has 0 N–H and O–H groups in total. The number of amides is 1. The van der Waals surface area contributed by atoms with E-state index in [1.54, 1.807) is 17.4 Å². The van der Waals surface area contributed by atoms with Crippen LogP contribution in [0.5, 0.6) is 0 Å². The van der Waals surface area contributed by atoms with Gasteiger partial charge in [0.2, 0.25) is 5.91 Å². The number of hydrogen-bond donors (Lipinski definition) is 0. The van der Waals surface area contributed by atoms with Gasteiger partial charge in [-0.2, -0.15) is 0 Å². The summed E-state index contributed by atoms with van der Waals surface area (Å²) in [4.78, 5) is 42.2. The molecule has 0 bridgehead atoms. The van der Waals surface area contributed by atoms with Crippen molar-refractivity contribution in [3.05, 3.63) is 54.7 Å². The number of hydrogen-bond acceptors (Lipinski definition) is 5. The molecule has 3 aromatic heterocycles. The molecule has 1 amide bonds. The largest absolute Gasteiger partial charge is 0.338 e. The van der Waals surface area contributed by atoms with Crippen LogP contribution in [0.4, 0.5) is 0 Å². The van der Waals surface area contributed by atoms with E-state index in [0.717, 1.165) is 37.1 Å². The molecule has 0 unspecified atom stereocenters. The van der Waals surface area contributed by atoms with Crippen LogP contribution in [0.1, 0.15) is 37.5 Å². The normalized spacial score (nSPS) is 17.1. The molecule has 0 spiro atoms. The summed E-state index contributed by atoms with van der Waals surface area (Å²) in [6, 6.07) is 5.98. The van der Waals surface area contributed by atoms with Crippen molar-refractivity contribution in [2.75, 3.05) is 6.54 Å². The summed E-state index contributed by atoms with van der Waals surface area (Å²) in [6.45, 7) is 3.16. The highest BCUT2D eigenvalue weighted by Gasteiger charge is 2.26. The second kappa shape index (κ2) is 8.67. The van der Waals surface area contributed by atoms with Crippen molar-refractivity contribution in [2.24, 2.45) is 0 Å². The third-order valence-corrected chi connectivity index (χ3v) is 7.54. The fourth-order valence-corrected chi connectivity index (χ4v) is 5.68. The molecule has 154 valence electrons. The zero-order chi connectivity index (χ0) is 20.4. The molecule has 1 saturated heterocycles. The van der Waals surface area contributed by atoms with Gasteiger partial charge < -0.3 is 4.90 Å². The fraction of sp³-hybridized carbons (Fsp3) is 0.476. The minimum atomic E-state index is -0.393. The number of aromatic nitrogens is 2. The number of aryl methyl sites for hydroxylation is 1. The molecule has 4 heterocycles. The Labute approximate surface area is 177 Å². The number of rotatable bonds is 6. The molecule has 1 atom stereocenters. The van der Waals surface area contributed by atoms with Crippen molar-refractivity contribution in [3.8, 4) is 0 Å². The molecule has 1 fully saturated rings. The van der Waals surface area contributed by atoms with Crippen LogP contribution < -0.4 is 11.2 Å². The second-order valence-corrected chi connectivity index (χ2v) is 9.38. The van der Waals surface area contributed by atoms with Crippen molar-refractivity contribution >= 4 is 38.8 Å². The molecule has 0 radical (unpaired) electrons. The average molecular weight is 432 g/mol. The Morgan fingerprint density at radius 2 is 2.00 bits per heavy atom. The first-order valence-electron chi connectivity index (χ1n) is 10.1. The first kappa shape index (κ1) is 20.1. The van der Waals surface area contributed by atoms with E-state index in [9.17, 15) is 14.4 Å². The molecule has 0 saturated carbocycles. The third kappa shape index (κ3) is 3.96. The van der Waals surface area contributed by atoms with Gasteiger partial charge in [0.05, 0.1) is 5.52 Å². The summed E-state index contributed by atoms with van der Waals surface area (Å²) in [5.74, 6) is -0.0328. The standard InChI is InChI=1S/C21H25N3O3S2/c1-2-15-6-3-4-10-22(15)18(25)14-24-17-9-13-29-19(17)20(26)23(21(24)27)11-8-16-7-5-12-28-16/h5,7,9,12-13,15H,2-4,6,8,10-11,14H2,1H3/t15-/m1/s1. The van der Waals surface area contributed by atoms with Crippen LogP contribution in [-0.2, 0) is 24.3 Å². The van der Waals surface area contributed by atoms with Crippen molar-refractivity contribution < 1.29 is 4.79 Å². The van der Waals surface area contributed by atoms with Crippen LogP contribution in [-0.4, -0.2) is 32.5 Å². The van der Waals surface area contributed by atoms with Gasteiger partial charge >= 0.3 is 5.69 Å². The number of piperidine rings is 1. The quantitative estimate of drug-likeness (QED) is 0.601. The molecule has 0 aliphatic carbocycles. The minimum Gasteiger partial charge on any atom is -0.338 e. The molecule has 0 aromatic carbocycles. The van der Waals surface area contributed by atoms with Crippen molar-refractivity contribution in [1.82, 2.24) is 14.0 Å². The maximum atomic E-state index is 13.2. The van der Waals surface area contributed by atoms with E-state index in [1.807, 2.05) is 27.8 Å². The van der Waals surface area contributed by atoms with Crippen molar-refractivity contribution in [3.63, 3.8) is 0 Å². The monoisotopic (exact) mass is 431 g/mol. The Bertz CT molecular complexity index is 1110. The highest BCUT2D eigenvalue weighted by atomic mass is 32.1. The SMILES string of the molecule is CC[C@@H]1CCCCN1C(=O)Cn1c(=O)n(CCc2cccs2)c(=O)c2sccc21. The molecule has 3 aromatic rings. The van der Waals surface area contributed by atoms with E-state index >= 15 is 0 Å². The first-order chi connectivity index (χ1) is 14.1. The Morgan fingerprint density at radius 1 is 1.14 bits per heavy atom. The molecule has 4 rings (SSSR count). The molecule has 6 nitrogen and oxygen atoms in total. The number of nitrogens with zero attached hydrogens (tertiary/aromatic N) is 3. The Kier molecular flexibility index (Phi) is 6.01.